The van der Waals surface area contributed by atoms with E-state index in [1.54, 1.807) is 36.7 Å². The molecule has 14 heteroatoms. The minimum Gasteiger partial charge on any atom is -0.367 e. The largest absolute Gasteiger partial charge is 0.433 e. The minimum absolute atomic E-state index is 0.0214. The molecule has 0 spiro atoms. The first-order valence-electron chi connectivity index (χ1n) is 16.1. The summed E-state index contributed by atoms with van der Waals surface area (Å²) < 4.78 is 45.6. The number of H-pyrrole nitrogens is 1. The maximum atomic E-state index is 13.6. The number of alkyl halides is 3. The summed E-state index contributed by atoms with van der Waals surface area (Å²) in [7, 11) is 1.47. The monoisotopic (exact) mass is 682 g/mol. The molecule has 50 heavy (non-hydrogen) atoms. The predicted molar refractivity (Wildman–Crippen MR) is 180 cm³/mol. The van der Waals surface area contributed by atoms with Gasteiger partial charge < -0.3 is 15.0 Å². The van der Waals surface area contributed by atoms with Gasteiger partial charge in [-0.2, -0.15) is 18.3 Å². The third kappa shape index (κ3) is 6.71. The number of pyridine rings is 1. The number of ether oxygens (including phenoxy) is 1. The zero-order chi connectivity index (χ0) is 34.9. The summed E-state index contributed by atoms with van der Waals surface area (Å²) in [6, 6.07) is 17.3. The van der Waals surface area contributed by atoms with Crippen molar-refractivity contribution in [2.45, 2.75) is 24.6 Å². The van der Waals surface area contributed by atoms with Crippen molar-refractivity contribution in [3.63, 3.8) is 0 Å². The Morgan fingerprint density at radius 3 is 2.46 bits per heavy atom. The quantitative estimate of drug-likeness (QED) is 0.221. The van der Waals surface area contributed by atoms with Crippen molar-refractivity contribution in [2.24, 2.45) is 0 Å². The number of aromatic nitrogens is 5. The van der Waals surface area contributed by atoms with Gasteiger partial charge in [-0.1, -0.05) is 30.3 Å². The number of anilines is 1. The maximum Gasteiger partial charge on any atom is 0.433 e. The number of methoxy groups -OCH3 is 1. The Kier molecular flexibility index (Phi) is 8.89. The number of benzene rings is 2. The zero-order valence-electron chi connectivity index (χ0n) is 27.1. The number of likely N-dealkylation sites (tertiary alicyclic amines) is 1. The van der Waals surface area contributed by atoms with Crippen LogP contribution >= 0.6 is 0 Å². The van der Waals surface area contributed by atoms with E-state index < -0.39 is 17.5 Å². The fraction of sp³-hybridized carbons (Fsp3) is 0.278. The van der Waals surface area contributed by atoms with Crippen LogP contribution in [0.1, 0.15) is 24.1 Å². The molecule has 2 N–H and O–H groups in total. The molecule has 0 unspecified atom stereocenters. The molecule has 2 aromatic carbocycles. The topological polar surface area (TPSA) is 129 Å². The Bertz CT molecular complexity index is 2070. The number of nitrogens with zero attached hydrogens (tertiary/aromatic N) is 6. The van der Waals surface area contributed by atoms with Crippen molar-refractivity contribution >= 4 is 34.0 Å². The van der Waals surface area contributed by atoms with Crippen molar-refractivity contribution in [2.75, 3.05) is 45.2 Å². The average Bonchev–Trinajstić information content (AvgIpc) is 3.76. The molecule has 0 aliphatic carbocycles. The number of carbonyl (C=O) groups excluding carboxylic acids is 2. The van der Waals surface area contributed by atoms with Gasteiger partial charge in [0, 0.05) is 74.1 Å². The summed E-state index contributed by atoms with van der Waals surface area (Å²) >= 11 is 0. The number of nitrogens with one attached hydrogen (secondary N) is 2. The van der Waals surface area contributed by atoms with Gasteiger partial charge in [-0.05, 0) is 60.4 Å². The van der Waals surface area contributed by atoms with Crippen LogP contribution in [0.5, 0.6) is 0 Å². The highest BCUT2D eigenvalue weighted by Crippen LogP contribution is 2.34. The zero-order valence-corrected chi connectivity index (χ0v) is 27.1. The van der Waals surface area contributed by atoms with Crippen molar-refractivity contribution < 1.29 is 27.5 Å². The van der Waals surface area contributed by atoms with Crippen molar-refractivity contribution in [1.82, 2.24) is 34.9 Å². The number of hydrogen-bond donors (Lipinski definition) is 2. The van der Waals surface area contributed by atoms with Crippen LogP contribution in [0.4, 0.5) is 18.9 Å². The van der Waals surface area contributed by atoms with E-state index in [0.717, 1.165) is 29.8 Å². The molecule has 0 radical (unpaired) electrons. The molecule has 11 nitrogen and oxygen atoms in total. The fourth-order valence-corrected chi connectivity index (χ4v) is 6.46. The van der Waals surface area contributed by atoms with Crippen molar-refractivity contribution in [3.8, 4) is 22.6 Å². The fourth-order valence-electron chi connectivity index (χ4n) is 6.46. The number of fused-ring (bicyclic) bond motifs is 1. The second-order valence-corrected chi connectivity index (χ2v) is 12.3. The van der Waals surface area contributed by atoms with Gasteiger partial charge in [-0.3, -0.25) is 24.6 Å². The van der Waals surface area contributed by atoms with Gasteiger partial charge in [0.2, 0.25) is 5.91 Å². The molecule has 256 valence electrons. The van der Waals surface area contributed by atoms with Gasteiger partial charge in [0.05, 0.1) is 12.1 Å². The van der Waals surface area contributed by atoms with Gasteiger partial charge in [0.15, 0.2) is 11.4 Å². The van der Waals surface area contributed by atoms with E-state index in [9.17, 15) is 22.8 Å². The lowest BCUT2D eigenvalue weighted by atomic mass is 9.98. The van der Waals surface area contributed by atoms with Gasteiger partial charge in [-0.25, -0.2) is 9.97 Å². The van der Waals surface area contributed by atoms with Gasteiger partial charge >= 0.3 is 6.18 Å². The smallest absolute Gasteiger partial charge is 0.367 e. The molecule has 7 rings (SSSR count). The van der Waals surface area contributed by atoms with Gasteiger partial charge in [0.25, 0.3) is 5.91 Å². The predicted octanol–water partition coefficient (Wildman–Crippen LogP) is 5.45. The summed E-state index contributed by atoms with van der Waals surface area (Å²) in [6.07, 6.45) is 3.11. The number of hydrogen-bond acceptors (Lipinski definition) is 8. The average molecular weight is 683 g/mol. The van der Waals surface area contributed by atoms with E-state index in [-0.39, 0.29) is 30.5 Å². The first-order chi connectivity index (χ1) is 24.1. The number of aromatic amines is 1. The molecule has 5 aromatic rings. The molecule has 1 fully saturated rings. The molecule has 1 atom stereocenters. The first-order valence-corrected chi connectivity index (χ1v) is 16.1. The number of amides is 2. The number of rotatable bonds is 8. The van der Waals surface area contributed by atoms with Crippen LogP contribution in [-0.4, -0.2) is 92.2 Å². The number of carbonyl (C=O) groups is 2. The van der Waals surface area contributed by atoms with Crippen molar-refractivity contribution in [3.05, 3.63) is 96.6 Å². The Morgan fingerprint density at radius 2 is 1.74 bits per heavy atom. The second kappa shape index (κ2) is 13.4. The summed E-state index contributed by atoms with van der Waals surface area (Å²) in [4.78, 5) is 42.7. The lowest BCUT2D eigenvalue weighted by molar-refractivity contribution is -0.141. The third-order valence-electron chi connectivity index (χ3n) is 9.26. The molecule has 2 amide bonds. The highest BCUT2D eigenvalue weighted by Gasteiger charge is 2.45. The van der Waals surface area contributed by atoms with E-state index >= 15 is 0 Å². The molecule has 0 saturated carbocycles. The Labute approximate surface area is 285 Å². The van der Waals surface area contributed by atoms with Crippen LogP contribution in [0, 0.1) is 0 Å². The maximum absolute atomic E-state index is 13.6. The van der Waals surface area contributed by atoms with Crippen LogP contribution in [0.2, 0.25) is 0 Å². The van der Waals surface area contributed by atoms with E-state index in [0.29, 0.717) is 54.2 Å². The molecular weight excluding hydrogens is 649 g/mol. The van der Waals surface area contributed by atoms with E-state index in [1.165, 1.54) is 18.7 Å². The molecule has 0 bridgehead atoms. The van der Waals surface area contributed by atoms with Crippen LogP contribution in [-0.2, 0) is 20.5 Å². The number of halogens is 3. The van der Waals surface area contributed by atoms with E-state index in [4.69, 9.17) is 4.74 Å². The van der Waals surface area contributed by atoms with Crippen molar-refractivity contribution in [1.29, 1.82) is 0 Å². The highest BCUT2D eigenvalue weighted by atomic mass is 19.4. The highest BCUT2D eigenvalue weighted by molar-refractivity contribution is 6.01. The molecule has 2 aliphatic heterocycles. The normalized spacial score (nSPS) is 18.3. The Hall–Kier alpha value is -5.47. The molecule has 5 heterocycles. The first kappa shape index (κ1) is 33.0. The molecular formula is C36H33F3N8O3. The molecule has 2 aliphatic rings. The summed E-state index contributed by atoms with van der Waals surface area (Å²) in [5, 5.41) is 10.5. The van der Waals surface area contributed by atoms with Gasteiger partial charge in [-0.15, -0.1) is 0 Å². The summed E-state index contributed by atoms with van der Waals surface area (Å²) in [5.74, 6) is 0.273. The second-order valence-electron chi connectivity index (χ2n) is 12.3. The molecule has 3 aromatic heterocycles. The van der Waals surface area contributed by atoms with Crippen LogP contribution in [0.3, 0.4) is 0 Å². The Morgan fingerprint density at radius 1 is 0.960 bits per heavy atom. The lowest BCUT2D eigenvalue weighted by Gasteiger charge is -2.30. The van der Waals surface area contributed by atoms with Gasteiger partial charge in [0.1, 0.15) is 11.4 Å². The third-order valence-corrected chi connectivity index (χ3v) is 9.26. The summed E-state index contributed by atoms with van der Waals surface area (Å²) in [5.41, 5.74) is 2.56. The lowest BCUT2D eigenvalue weighted by Crippen LogP contribution is -2.48. The van der Waals surface area contributed by atoms with Crippen LogP contribution in [0.15, 0.2) is 85.3 Å². The summed E-state index contributed by atoms with van der Waals surface area (Å²) in [6.45, 7) is 1.96. The van der Waals surface area contributed by atoms with Crippen LogP contribution < -0.4 is 5.32 Å². The minimum atomic E-state index is -4.60. The molecule has 1 saturated heterocycles. The SMILES string of the molecule is CO[C@@]1(C(=O)Nc2ccc3[nH]nc(-c4ccnc(C(F)(F)F)c4)c3c2)CCN(CC(=O)N2CC=C(c3ccc(-c4ncccn4)cc3)CC2)C1. The van der Waals surface area contributed by atoms with Crippen LogP contribution in [0.25, 0.3) is 39.1 Å². The van der Waals surface area contributed by atoms with E-state index in [2.05, 4.69) is 48.7 Å². The standard InChI is InChI=1S/C36H33F3N8O3/c1-50-35(34(49)43-27-7-8-29-28(20-27)32(45-44-29)26-9-15-40-30(19-26)36(37,38)39)12-18-46(22-35)21-31(48)47-16-10-24(11-17-47)23-3-5-25(6-4-23)33-41-13-2-14-42-33/h2-10,13-15,19-20H,11-12,16-18,21-22H2,1H3,(H,43,49)(H,44,45)/t35-/m0/s1. The van der Waals surface area contributed by atoms with E-state index in [1.807, 2.05) is 21.9 Å². The Balaban J connectivity index is 0.971.